The molecular weight excluding hydrogens is 292 g/mol. The van der Waals surface area contributed by atoms with Crippen molar-refractivity contribution >= 4 is 23.4 Å². The first kappa shape index (κ1) is 15.6. The van der Waals surface area contributed by atoms with Crippen molar-refractivity contribution in [1.82, 2.24) is 5.32 Å². The summed E-state index contributed by atoms with van der Waals surface area (Å²) in [6, 6.07) is 3.79. The van der Waals surface area contributed by atoms with Crippen molar-refractivity contribution in [2.45, 2.75) is 37.5 Å². The number of rotatable bonds is 5. The van der Waals surface area contributed by atoms with Gasteiger partial charge in [0.25, 0.3) is 5.91 Å². The Labute approximate surface area is 127 Å². The number of thioether (sulfide) groups is 1. The third kappa shape index (κ3) is 3.87. The molecule has 2 atom stereocenters. The van der Waals surface area contributed by atoms with Crippen molar-refractivity contribution in [3.8, 4) is 5.75 Å². The molecule has 1 aromatic rings. The summed E-state index contributed by atoms with van der Waals surface area (Å²) in [7, 11) is 0. The van der Waals surface area contributed by atoms with Crippen LogP contribution < -0.4 is 5.32 Å². The maximum absolute atomic E-state index is 12.1. The predicted octanol–water partition coefficient (Wildman–Crippen LogP) is 2.70. The quantitative estimate of drug-likeness (QED) is 0.644. The molecule has 1 amide bonds. The van der Waals surface area contributed by atoms with Crippen LogP contribution in [0, 0.1) is 10.1 Å². The number of hydrogen-bond donors (Lipinski definition) is 2. The van der Waals surface area contributed by atoms with E-state index < -0.39 is 16.4 Å². The summed E-state index contributed by atoms with van der Waals surface area (Å²) in [6.45, 7) is 2.12. The van der Waals surface area contributed by atoms with Crippen LogP contribution in [0.15, 0.2) is 18.2 Å². The van der Waals surface area contributed by atoms with Gasteiger partial charge in [-0.2, -0.15) is 11.8 Å². The number of carbonyl (C=O) groups is 1. The lowest BCUT2D eigenvalue weighted by Gasteiger charge is -2.13. The van der Waals surface area contributed by atoms with E-state index in [1.165, 1.54) is 6.07 Å². The van der Waals surface area contributed by atoms with E-state index in [9.17, 15) is 20.0 Å². The zero-order valence-corrected chi connectivity index (χ0v) is 12.6. The topological polar surface area (TPSA) is 92.5 Å². The molecule has 0 bridgehead atoms. The highest BCUT2D eigenvalue weighted by atomic mass is 32.2. The Morgan fingerprint density at radius 1 is 1.52 bits per heavy atom. The number of nitro benzene ring substituents is 1. The SMILES string of the molecule is CCSC1CCC(NC(=O)c2ccc([N+](=O)[O-])c(O)c2)C1. The van der Waals surface area contributed by atoms with Gasteiger partial charge in [-0.1, -0.05) is 6.92 Å². The number of carbonyl (C=O) groups excluding carboxylic acids is 1. The van der Waals surface area contributed by atoms with Gasteiger partial charge in [-0.05, 0) is 37.1 Å². The van der Waals surface area contributed by atoms with Crippen molar-refractivity contribution in [2.75, 3.05) is 5.75 Å². The molecule has 0 spiro atoms. The van der Waals surface area contributed by atoms with Crippen LogP contribution in [0.3, 0.4) is 0 Å². The number of nitrogens with zero attached hydrogens (tertiary/aromatic N) is 1. The molecule has 1 saturated carbocycles. The molecule has 0 radical (unpaired) electrons. The Bertz CT molecular complexity index is 550. The summed E-state index contributed by atoms with van der Waals surface area (Å²) in [5.74, 6) is 0.285. The van der Waals surface area contributed by atoms with E-state index in [1.54, 1.807) is 0 Å². The summed E-state index contributed by atoms with van der Waals surface area (Å²) in [4.78, 5) is 22.0. The van der Waals surface area contributed by atoms with E-state index in [-0.39, 0.29) is 17.5 Å². The van der Waals surface area contributed by atoms with Gasteiger partial charge in [0.15, 0.2) is 5.75 Å². The Morgan fingerprint density at radius 3 is 2.90 bits per heavy atom. The van der Waals surface area contributed by atoms with Gasteiger partial charge in [0.05, 0.1) is 4.92 Å². The van der Waals surface area contributed by atoms with E-state index in [1.807, 2.05) is 11.8 Å². The minimum absolute atomic E-state index is 0.138. The van der Waals surface area contributed by atoms with Crippen LogP contribution in [0.1, 0.15) is 36.5 Å². The first-order valence-corrected chi connectivity index (χ1v) is 7.96. The first-order valence-electron chi connectivity index (χ1n) is 6.91. The van der Waals surface area contributed by atoms with E-state index in [4.69, 9.17) is 0 Å². The van der Waals surface area contributed by atoms with Crippen LogP contribution in [-0.2, 0) is 0 Å². The second kappa shape index (κ2) is 6.80. The molecule has 1 fully saturated rings. The highest BCUT2D eigenvalue weighted by molar-refractivity contribution is 7.99. The zero-order chi connectivity index (χ0) is 15.4. The third-order valence-electron chi connectivity index (χ3n) is 3.56. The summed E-state index contributed by atoms with van der Waals surface area (Å²) < 4.78 is 0. The van der Waals surface area contributed by atoms with E-state index in [0.29, 0.717) is 5.25 Å². The maximum Gasteiger partial charge on any atom is 0.310 e. The second-order valence-electron chi connectivity index (χ2n) is 5.02. The van der Waals surface area contributed by atoms with Gasteiger partial charge in [0.1, 0.15) is 0 Å². The summed E-state index contributed by atoms with van der Waals surface area (Å²) in [5.41, 5.74) is -0.156. The fourth-order valence-electron chi connectivity index (χ4n) is 2.55. The van der Waals surface area contributed by atoms with Gasteiger partial charge in [0.2, 0.25) is 0 Å². The number of aromatic hydroxyl groups is 1. The molecule has 0 aliphatic heterocycles. The standard InChI is InChI=1S/C14H18N2O4S/c1-2-21-11-5-4-10(8-11)15-14(18)9-3-6-12(16(19)20)13(17)7-9/h3,6-7,10-11,17H,2,4-5,8H2,1H3,(H,15,18). The Kier molecular flexibility index (Phi) is 5.06. The van der Waals surface area contributed by atoms with Gasteiger partial charge >= 0.3 is 5.69 Å². The molecule has 0 heterocycles. The molecule has 2 unspecified atom stereocenters. The van der Waals surface area contributed by atoms with E-state index in [2.05, 4.69) is 12.2 Å². The Balaban J connectivity index is 1.98. The number of amides is 1. The average molecular weight is 310 g/mol. The molecular formula is C14H18N2O4S. The number of phenolic OH excluding ortho intramolecular Hbond substituents is 1. The van der Waals surface area contributed by atoms with Crippen molar-refractivity contribution in [2.24, 2.45) is 0 Å². The third-order valence-corrected chi connectivity index (χ3v) is 4.79. The molecule has 0 aromatic heterocycles. The van der Waals surface area contributed by atoms with Crippen molar-refractivity contribution in [3.05, 3.63) is 33.9 Å². The minimum atomic E-state index is -0.680. The first-order chi connectivity index (χ1) is 10.0. The Hall–Kier alpha value is -1.76. The normalized spacial score (nSPS) is 21.2. The fourth-order valence-corrected chi connectivity index (χ4v) is 3.69. The van der Waals surface area contributed by atoms with Crippen LogP contribution in [0.2, 0.25) is 0 Å². The largest absolute Gasteiger partial charge is 0.502 e. The number of nitro groups is 1. The molecule has 0 saturated heterocycles. The van der Waals surface area contributed by atoms with Crippen LogP contribution in [0.5, 0.6) is 5.75 Å². The van der Waals surface area contributed by atoms with Gasteiger partial charge in [-0.3, -0.25) is 14.9 Å². The average Bonchev–Trinajstić information content (AvgIpc) is 2.86. The number of benzene rings is 1. The van der Waals surface area contributed by atoms with E-state index >= 15 is 0 Å². The lowest BCUT2D eigenvalue weighted by atomic mass is 10.1. The maximum atomic E-state index is 12.1. The van der Waals surface area contributed by atoms with Crippen LogP contribution in [-0.4, -0.2) is 33.0 Å². The van der Waals surface area contributed by atoms with Crippen molar-refractivity contribution in [3.63, 3.8) is 0 Å². The summed E-state index contributed by atoms with van der Waals surface area (Å²) >= 11 is 1.91. The monoisotopic (exact) mass is 310 g/mol. The molecule has 21 heavy (non-hydrogen) atoms. The minimum Gasteiger partial charge on any atom is -0.502 e. The lowest BCUT2D eigenvalue weighted by molar-refractivity contribution is -0.385. The fraction of sp³-hybridized carbons (Fsp3) is 0.500. The predicted molar refractivity (Wildman–Crippen MR) is 81.8 cm³/mol. The van der Waals surface area contributed by atoms with Gasteiger partial charge in [-0.15, -0.1) is 0 Å². The molecule has 1 aliphatic carbocycles. The molecule has 1 aromatic carbocycles. The molecule has 114 valence electrons. The molecule has 2 N–H and O–H groups in total. The molecule has 7 heteroatoms. The summed E-state index contributed by atoms with van der Waals surface area (Å²) in [5, 5.41) is 23.7. The highest BCUT2D eigenvalue weighted by Gasteiger charge is 2.26. The van der Waals surface area contributed by atoms with Gasteiger partial charge < -0.3 is 10.4 Å². The molecule has 6 nitrogen and oxygen atoms in total. The second-order valence-corrected chi connectivity index (χ2v) is 6.60. The zero-order valence-electron chi connectivity index (χ0n) is 11.7. The lowest BCUT2D eigenvalue weighted by Crippen LogP contribution is -2.33. The van der Waals surface area contributed by atoms with Crippen LogP contribution in [0.4, 0.5) is 5.69 Å². The van der Waals surface area contributed by atoms with Crippen molar-refractivity contribution < 1.29 is 14.8 Å². The molecule has 1 aliphatic rings. The summed E-state index contributed by atoms with van der Waals surface area (Å²) in [6.07, 6.45) is 2.99. The number of hydrogen-bond acceptors (Lipinski definition) is 5. The smallest absolute Gasteiger partial charge is 0.310 e. The van der Waals surface area contributed by atoms with Crippen LogP contribution in [0.25, 0.3) is 0 Å². The van der Waals surface area contributed by atoms with Crippen molar-refractivity contribution in [1.29, 1.82) is 0 Å². The molecule has 2 rings (SSSR count). The van der Waals surface area contributed by atoms with Gasteiger partial charge in [0, 0.05) is 22.9 Å². The number of nitrogens with one attached hydrogen (secondary N) is 1. The van der Waals surface area contributed by atoms with Gasteiger partial charge in [-0.25, -0.2) is 0 Å². The number of phenols is 1. The van der Waals surface area contributed by atoms with E-state index in [0.717, 1.165) is 37.1 Å². The van der Waals surface area contributed by atoms with Crippen LogP contribution >= 0.6 is 11.8 Å². The highest BCUT2D eigenvalue weighted by Crippen LogP contribution is 2.30. The Morgan fingerprint density at radius 2 is 2.29 bits per heavy atom.